The first kappa shape index (κ1) is 22.5. The molecular formula is C24H22ClFN4O3. The minimum absolute atomic E-state index is 0.0159. The highest BCUT2D eigenvalue weighted by molar-refractivity contribution is 6.30. The lowest BCUT2D eigenvalue weighted by atomic mass is 10.1. The number of hydrogen-bond acceptors (Lipinski definition) is 4. The van der Waals surface area contributed by atoms with Crippen LogP contribution >= 0.6 is 11.6 Å². The third kappa shape index (κ3) is 4.90. The van der Waals surface area contributed by atoms with Gasteiger partial charge in [0, 0.05) is 30.9 Å². The van der Waals surface area contributed by atoms with Crippen LogP contribution in [0.1, 0.15) is 29.2 Å². The van der Waals surface area contributed by atoms with E-state index in [1.54, 1.807) is 46.1 Å². The zero-order valence-electron chi connectivity index (χ0n) is 17.7. The van der Waals surface area contributed by atoms with Crippen molar-refractivity contribution in [3.8, 4) is 22.8 Å². The predicted molar refractivity (Wildman–Crippen MR) is 123 cm³/mol. The molecular weight excluding hydrogens is 447 g/mol. The Balaban J connectivity index is 1.57. The van der Waals surface area contributed by atoms with E-state index in [4.69, 9.17) is 22.1 Å². The fourth-order valence-electron chi connectivity index (χ4n) is 3.83. The van der Waals surface area contributed by atoms with E-state index in [1.807, 2.05) is 0 Å². The van der Waals surface area contributed by atoms with E-state index in [9.17, 15) is 14.0 Å². The molecule has 1 aliphatic rings. The smallest absolute Gasteiger partial charge is 0.252 e. The van der Waals surface area contributed by atoms with Crippen molar-refractivity contribution in [3.05, 3.63) is 77.7 Å². The van der Waals surface area contributed by atoms with Crippen LogP contribution in [0.2, 0.25) is 5.02 Å². The Labute approximate surface area is 195 Å². The monoisotopic (exact) mass is 468 g/mol. The lowest BCUT2D eigenvalue weighted by molar-refractivity contribution is -0.127. The van der Waals surface area contributed by atoms with E-state index in [-0.39, 0.29) is 22.5 Å². The van der Waals surface area contributed by atoms with E-state index in [1.165, 1.54) is 18.2 Å². The highest BCUT2D eigenvalue weighted by Crippen LogP contribution is 2.30. The molecule has 0 bridgehead atoms. The van der Waals surface area contributed by atoms with Gasteiger partial charge in [-0.15, -0.1) is 0 Å². The Morgan fingerprint density at radius 1 is 1.21 bits per heavy atom. The van der Waals surface area contributed by atoms with Crippen LogP contribution in [0.15, 0.2) is 61.3 Å². The number of halogens is 2. The Morgan fingerprint density at radius 3 is 2.61 bits per heavy atom. The highest BCUT2D eigenvalue weighted by atomic mass is 35.5. The van der Waals surface area contributed by atoms with Gasteiger partial charge in [-0.05, 0) is 55.3 Å². The molecule has 1 aromatic heterocycles. The second-order valence-electron chi connectivity index (χ2n) is 7.72. The number of rotatable bonds is 6. The van der Waals surface area contributed by atoms with Gasteiger partial charge in [0.1, 0.15) is 23.0 Å². The number of primary amides is 1. The molecule has 2 amide bonds. The SMILES string of the molecule is C=CC(=O)N1CCCC(n2cc(C(N)=O)c(-c3ccc(Oc4ccc(Cl)c(F)c4)cc3)n2)C1. The first-order valence-electron chi connectivity index (χ1n) is 10.4. The molecule has 2 N–H and O–H groups in total. The predicted octanol–water partition coefficient (Wildman–Crippen LogP) is 4.58. The molecule has 1 atom stereocenters. The molecule has 2 aromatic carbocycles. The van der Waals surface area contributed by atoms with Crippen molar-refractivity contribution < 1.29 is 18.7 Å². The minimum atomic E-state index is -0.594. The number of aromatic nitrogens is 2. The van der Waals surface area contributed by atoms with Crippen molar-refractivity contribution in [1.29, 1.82) is 0 Å². The molecule has 0 spiro atoms. The molecule has 1 fully saturated rings. The average molecular weight is 469 g/mol. The summed E-state index contributed by atoms with van der Waals surface area (Å²) in [6, 6.07) is 11.0. The summed E-state index contributed by atoms with van der Waals surface area (Å²) in [6.07, 6.45) is 4.58. The van der Waals surface area contributed by atoms with Crippen LogP contribution in [-0.2, 0) is 4.79 Å². The zero-order chi connectivity index (χ0) is 23.5. The van der Waals surface area contributed by atoms with Gasteiger partial charge >= 0.3 is 0 Å². The van der Waals surface area contributed by atoms with Crippen LogP contribution in [-0.4, -0.2) is 39.6 Å². The van der Waals surface area contributed by atoms with E-state index in [0.29, 0.717) is 35.8 Å². The van der Waals surface area contributed by atoms with Gasteiger partial charge < -0.3 is 15.4 Å². The molecule has 1 saturated heterocycles. The highest BCUT2D eigenvalue weighted by Gasteiger charge is 2.26. The largest absolute Gasteiger partial charge is 0.457 e. The lowest BCUT2D eigenvalue weighted by Gasteiger charge is -2.32. The van der Waals surface area contributed by atoms with Crippen LogP contribution < -0.4 is 10.5 Å². The second kappa shape index (κ2) is 9.46. The number of ether oxygens (including phenoxy) is 1. The van der Waals surface area contributed by atoms with Crippen LogP contribution in [0.5, 0.6) is 11.5 Å². The fraction of sp³-hybridized carbons (Fsp3) is 0.208. The number of carbonyl (C=O) groups is 2. The van der Waals surface area contributed by atoms with E-state index in [0.717, 1.165) is 12.8 Å². The molecule has 170 valence electrons. The van der Waals surface area contributed by atoms with Gasteiger partial charge in [-0.2, -0.15) is 5.10 Å². The number of benzene rings is 2. The van der Waals surface area contributed by atoms with Gasteiger partial charge in [-0.1, -0.05) is 18.2 Å². The molecule has 33 heavy (non-hydrogen) atoms. The van der Waals surface area contributed by atoms with E-state index < -0.39 is 11.7 Å². The number of carbonyl (C=O) groups excluding carboxylic acids is 2. The standard InChI is InChI=1S/C24H22ClFN4O3/c1-2-22(31)29-11-3-4-16(13-29)30-14-19(24(27)32)23(28-30)15-5-7-17(8-6-15)33-18-9-10-20(25)21(26)12-18/h2,5-10,12,14,16H,1,3-4,11,13H2,(H2,27,32). The maximum Gasteiger partial charge on any atom is 0.252 e. The van der Waals surface area contributed by atoms with Crippen molar-refractivity contribution in [2.45, 2.75) is 18.9 Å². The summed E-state index contributed by atoms with van der Waals surface area (Å²) in [5.74, 6) is -0.506. The van der Waals surface area contributed by atoms with Gasteiger partial charge in [0.25, 0.3) is 5.91 Å². The summed E-state index contributed by atoms with van der Waals surface area (Å²) >= 11 is 5.70. The summed E-state index contributed by atoms with van der Waals surface area (Å²) in [5, 5.41) is 4.64. The van der Waals surface area contributed by atoms with Crippen molar-refractivity contribution in [2.24, 2.45) is 5.73 Å². The van der Waals surface area contributed by atoms with Crippen LogP contribution in [0.25, 0.3) is 11.3 Å². The molecule has 1 unspecified atom stereocenters. The van der Waals surface area contributed by atoms with Gasteiger partial charge in [-0.3, -0.25) is 14.3 Å². The molecule has 0 radical (unpaired) electrons. The van der Waals surface area contributed by atoms with Crippen molar-refractivity contribution >= 4 is 23.4 Å². The minimum Gasteiger partial charge on any atom is -0.457 e. The number of likely N-dealkylation sites (tertiary alicyclic amines) is 1. The Bertz CT molecular complexity index is 1210. The Hall–Kier alpha value is -3.65. The summed E-state index contributed by atoms with van der Waals surface area (Å²) in [6.45, 7) is 4.69. The summed E-state index contributed by atoms with van der Waals surface area (Å²) < 4.78 is 21.0. The maximum atomic E-state index is 13.6. The van der Waals surface area contributed by atoms with E-state index >= 15 is 0 Å². The normalized spacial score (nSPS) is 15.8. The Morgan fingerprint density at radius 2 is 1.94 bits per heavy atom. The number of nitrogens with two attached hydrogens (primary N) is 1. The summed E-state index contributed by atoms with van der Waals surface area (Å²) in [5.41, 5.74) is 7.01. The number of nitrogens with zero attached hydrogens (tertiary/aromatic N) is 3. The summed E-state index contributed by atoms with van der Waals surface area (Å²) in [4.78, 5) is 25.8. The number of amides is 2. The molecule has 9 heteroatoms. The molecule has 0 aliphatic carbocycles. The second-order valence-corrected chi connectivity index (χ2v) is 8.13. The zero-order valence-corrected chi connectivity index (χ0v) is 18.5. The van der Waals surface area contributed by atoms with Gasteiger partial charge in [0.15, 0.2) is 0 Å². The van der Waals surface area contributed by atoms with Gasteiger partial charge in [0.2, 0.25) is 5.91 Å². The third-order valence-corrected chi connectivity index (χ3v) is 5.82. The fourth-order valence-corrected chi connectivity index (χ4v) is 3.95. The summed E-state index contributed by atoms with van der Waals surface area (Å²) in [7, 11) is 0. The maximum absolute atomic E-state index is 13.6. The van der Waals surface area contributed by atoms with Gasteiger partial charge in [-0.25, -0.2) is 4.39 Å². The van der Waals surface area contributed by atoms with Crippen molar-refractivity contribution in [3.63, 3.8) is 0 Å². The number of hydrogen-bond donors (Lipinski definition) is 1. The molecule has 4 rings (SSSR count). The molecule has 2 heterocycles. The first-order chi connectivity index (χ1) is 15.9. The van der Waals surface area contributed by atoms with Crippen LogP contribution in [0.3, 0.4) is 0 Å². The molecule has 0 saturated carbocycles. The average Bonchev–Trinajstić information content (AvgIpc) is 3.27. The van der Waals surface area contributed by atoms with Crippen LogP contribution in [0, 0.1) is 5.82 Å². The van der Waals surface area contributed by atoms with Crippen molar-refractivity contribution in [2.75, 3.05) is 13.1 Å². The Kier molecular flexibility index (Phi) is 6.46. The molecule has 7 nitrogen and oxygen atoms in total. The van der Waals surface area contributed by atoms with Crippen molar-refractivity contribution in [1.82, 2.24) is 14.7 Å². The van der Waals surface area contributed by atoms with Crippen LogP contribution in [0.4, 0.5) is 4.39 Å². The molecule has 1 aliphatic heterocycles. The third-order valence-electron chi connectivity index (χ3n) is 5.51. The molecule has 3 aromatic rings. The topological polar surface area (TPSA) is 90.5 Å². The lowest BCUT2D eigenvalue weighted by Crippen LogP contribution is -2.40. The number of piperidine rings is 1. The quantitative estimate of drug-likeness (QED) is 0.536. The first-order valence-corrected chi connectivity index (χ1v) is 10.8. The van der Waals surface area contributed by atoms with Gasteiger partial charge in [0.05, 0.1) is 16.6 Å². The van der Waals surface area contributed by atoms with E-state index in [2.05, 4.69) is 11.7 Å².